The maximum absolute atomic E-state index is 12.8. The SMILES string of the molecule is CCCCCCCCCCCCCCCC(=O)OC[C@H](COP(=O)(O)OP(=O)(O)OC[C@H]1O[C@@H](n2ccc(N)nc2=O)[C@H](O)[C@@H]1O)OC(=O)CCCCCCCCCCCCC. The summed E-state index contributed by atoms with van der Waals surface area (Å²) < 4.78 is 56.6. The molecule has 0 saturated carbocycles. The molecule has 1 fully saturated rings. The fraction of sp³-hybridized carbons (Fsp3) is 0.857. The van der Waals surface area contributed by atoms with Crippen molar-refractivity contribution >= 4 is 33.4 Å². The van der Waals surface area contributed by atoms with E-state index in [0.29, 0.717) is 12.8 Å². The van der Waals surface area contributed by atoms with E-state index in [2.05, 4.69) is 23.1 Å². The zero-order chi connectivity index (χ0) is 45.6. The molecule has 2 rings (SSSR count). The lowest BCUT2D eigenvalue weighted by Crippen LogP contribution is -2.36. The van der Waals surface area contributed by atoms with Crippen LogP contribution < -0.4 is 11.4 Å². The normalized spacial score (nSPS) is 20.1. The highest BCUT2D eigenvalue weighted by molar-refractivity contribution is 7.61. The molecule has 7 atom stereocenters. The number of nitrogens with zero attached hydrogens (tertiary/aromatic N) is 2. The molecule has 0 spiro atoms. The molecule has 1 saturated heterocycles. The number of phosphoric ester groups is 2. The van der Waals surface area contributed by atoms with Gasteiger partial charge in [0.15, 0.2) is 12.3 Å². The average Bonchev–Trinajstić information content (AvgIpc) is 3.50. The molecule has 0 radical (unpaired) electrons. The number of ether oxygens (including phenoxy) is 3. The number of phosphoric acid groups is 2. The standard InChI is InChI=1S/C42H77N3O15P2/c1-3-5-7-9-11-13-15-16-18-19-21-23-25-27-37(46)55-31-34(58-38(47)28-26-24-22-20-17-14-12-10-8-6-4-2)32-56-61(51,52)60-62(53,54)57-33-35-39(48)40(49)41(59-35)45-30-29-36(43)44-42(45)50/h29-30,34-35,39-41,48-49H,3-28,31-33H2,1-2H3,(H,51,52)(H,53,54)(H2,43,44,50)/t34-,35-,39-,40-,41-/m1/s1. The van der Waals surface area contributed by atoms with Crippen LogP contribution in [0.2, 0.25) is 0 Å². The summed E-state index contributed by atoms with van der Waals surface area (Å²) in [6.45, 7) is 2.14. The number of nitrogen functional groups attached to an aromatic ring is 1. The molecule has 20 heteroatoms. The minimum absolute atomic E-state index is 0.0571. The summed E-state index contributed by atoms with van der Waals surface area (Å²) in [5.41, 5.74) is 4.58. The van der Waals surface area contributed by atoms with E-state index in [9.17, 15) is 43.5 Å². The fourth-order valence-corrected chi connectivity index (χ4v) is 9.19. The van der Waals surface area contributed by atoms with Gasteiger partial charge in [0.1, 0.15) is 30.7 Å². The summed E-state index contributed by atoms with van der Waals surface area (Å²) >= 11 is 0. The summed E-state index contributed by atoms with van der Waals surface area (Å²) in [5.74, 6) is -1.28. The average molecular weight is 926 g/mol. The van der Waals surface area contributed by atoms with Gasteiger partial charge in [0.25, 0.3) is 0 Å². The van der Waals surface area contributed by atoms with Crippen LogP contribution in [-0.4, -0.2) is 85.7 Å². The minimum Gasteiger partial charge on any atom is -0.462 e. The summed E-state index contributed by atoms with van der Waals surface area (Å²) in [4.78, 5) is 61.6. The van der Waals surface area contributed by atoms with Crippen molar-refractivity contribution in [2.75, 3.05) is 25.6 Å². The first-order valence-corrected chi connectivity index (χ1v) is 26.0. The maximum atomic E-state index is 12.8. The molecule has 360 valence electrons. The molecule has 2 heterocycles. The lowest BCUT2D eigenvalue weighted by Gasteiger charge is -2.21. The van der Waals surface area contributed by atoms with Gasteiger partial charge in [-0.2, -0.15) is 9.29 Å². The van der Waals surface area contributed by atoms with Gasteiger partial charge < -0.3 is 39.9 Å². The van der Waals surface area contributed by atoms with Crippen molar-refractivity contribution in [2.45, 2.75) is 211 Å². The zero-order valence-corrected chi connectivity index (χ0v) is 39.0. The quantitative estimate of drug-likeness (QED) is 0.0237. The Bertz CT molecular complexity index is 1540. The Morgan fingerprint density at radius 1 is 0.710 bits per heavy atom. The monoisotopic (exact) mass is 925 g/mol. The van der Waals surface area contributed by atoms with Crippen molar-refractivity contribution in [3.05, 3.63) is 22.7 Å². The highest BCUT2D eigenvalue weighted by Gasteiger charge is 2.46. The summed E-state index contributed by atoms with van der Waals surface area (Å²) in [6, 6.07) is 1.25. The first-order chi connectivity index (χ1) is 29.7. The second-order valence-electron chi connectivity index (χ2n) is 16.3. The van der Waals surface area contributed by atoms with Crippen LogP contribution in [0.4, 0.5) is 5.82 Å². The Morgan fingerprint density at radius 2 is 1.16 bits per heavy atom. The molecule has 0 aromatic carbocycles. The molecular weight excluding hydrogens is 848 g/mol. The number of hydrogen-bond donors (Lipinski definition) is 5. The molecule has 1 aliphatic rings. The predicted molar refractivity (Wildman–Crippen MR) is 234 cm³/mol. The topological polar surface area (TPSA) is 265 Å². The van der Waals surface area contributed by atoms with E-state index < -0.39 is 83.7 Å². The van der Waals surface area contributed by atoms with Crippen molar-refractivity contribution in [2.24, 2.45) is 0 Å². The lowest BCUT2D eigenvalue weighted by molar-refractivity contribution is -0.161. The van der Waals surface area contributed by atoms with Crippen LogP contribution in [0.25, 0.3) is 0 Å². The number of rotatable bonds is 38. The number of hydrogen-bond acceptors (Lipinski definition) is 15. The van der Waals surface area contributed by atoms with E-state index in [4.69, 9.17) is 29.0 Å². The number of nitrogens with two attached hydrogens (primary N) is 1. The van der Waals surface area contributed by atoms with Gasteiger partial charge in [0.05, 0.1) is 13.2 Å². The summed E-state index contributed by atoms with van der Waals surface area (Å²) in [7, 11) is -10.8. The van der Waals surface area contributed by atoms with Crippen LogP contribution in [0.3, 0.4) is 0 Å². The number of aliphatic hydroxyl groups excluding tert-OH is 2. The van der Waals surface area contributed by atoms with Gasteiger partial charge in [-0.05, 0) is 18.9 Å². The van der Waals surface area contributed by atoms with Crippen molar-refractivity contribution in [1.29, 1.82) is 0 Å². The van der Waals surface area contributed by atoms with Gasteiger partial charge in [-0.25, -0.2) is 13.9 Å². The summed E-state index contributed by atoms with van der Waals surface area (Å²) in [5, 5.41) is 20.8. The van der Waals surface area contributed by atoms with Crippen molar-refractivity contribution in [3.63, 3.8) is 0 Å². The van der Waals surface area contributed by atoms with Crippen LogP contribution in [0.1, 0.15) is 187 Å². The van der Waals surface area contributed by atoms with Gasteiger partial charge >= 0.3 is 33.3 Å². The Labute approximate surface area is 368 Å². The fourth-order valence-electron chi connectivity index (χ4n) is 7.08. The smallest absolute Gasteiger partial charge is 0.462 e. The lowest BCUT2D eigenvalue weighted by atomic mass is 10.0. The van der Waals surface area contributed by atoms with Crippen LogP contribution in [0.15, 0.2) is 17.1 Å². The molecule has 0 aliphatic carbocycles. The molecule has 6 N–H and O–H groups in total. The number of carbonyl (C=O) groups excluding carboxylic acids is 2. The van der Waals surface area contributed by atoms with E-state index in [-0.39, 0.29) is 18.7 Å². The van der Waals surface area contributed by atoms with E-state index in [0.717, 1.165) is 55.9 Å². The van der Waals surface area contributed by atoms with Gasteiger partial charge in [-0.1, -0.05) is 155 Å². The number of carbonyl (C=O) groups is 2. The number of aromatic nitrogens is 2. The Balaban J connectivity index is 1.83. The molecule has 1 aliphatic heterocycles. The molecule has 2 unspecified atom stereocenters. The van der Waals surface area contributed by atoms with Gasteiger partial charge in [0, 0.05) is 19.0 Å². The second kappa shape index (κ2) is 32.4. The van der Waals surface area contributed by atoms with E-state index in [1.807, 2.05) is 0 Å². The maximum Gasteiger partial charge on any atom is 0.481 e. The molecule has 1 aromatic heterocycles. The first-order valence-electron chi connectivity index (χ1n) is 23.0. The van der Waals surface area contributed by atoms with Crippen LogP contribution in [-0.2, 0) is 46.3 Å². The zero-order valence-electron chi connectivity index (χ0n) is 37.2. The van der Waals surface area contributed by atoms with E-state index in [1.165, 1.54) is 102 Å². The Morgan fingerprint density at radius 3 is 1.65 bits per heavy atom. The number of esters is 2. The third kappa shape index (κ3) is 25.3. The number of unbranched alkanes of at least 4 members (excludes halogenated alkanes) is 22. The third-order valence-electron chi connectivity index (χ3n) is 10.7. The number of anilines is 1. The highest BCUT2D eigenvalue weighted by atomic mass is 31.3. The van der Waals surface area contributed by atoms with E-state index in [1.54, 1.807) is 0 Å². The summed E-state index contributed by atoms with van der Waals surface area (Å²) in [6.07, 6.45) is 20.6. The van der Waals surface area contributed by atoms with E-state index >= 15 is 0 Å². The molecule has 1 aromatic rings. The number of aliphatic hydroxyl groups is 2. The van der Waals surface area contributed by atoms with Crippen molar-refractivity contribution < 1.29 is 66.3 Å². The molecule has 62 heavy (non-hydrogen) atoms. The predicted octanol–water partition coefficient (Wildman–Crippen LogP) is 8.33. The van der Waals surface area contributed by atoms with Crippen molar-refractivity contribution in [3.8, 4) is 0 Å². The molecule has 18 nitrogen and oxygen atoms in total. The second-order valence-corrected chi connectivity index (χ2v) is 19.3. The largest absolute Gasteiger partial charge is 0.481 e. The van der Waals surface area contributed by atoms with Crippen LogP contribution >= 0.6 is 15.6 Å². The van der Waals surface area contributed by atoms with Gasteiger partial charge in [-0.15, -0.1) is 0 Å². The molecular formula is C42H77N3O15P2. The molecule has 0 bridgehead atoms. The van der Waals surface area contributed by atoms with Gasteiger partial charge in [-0.3, -0.25) is 23.2 Å². The van der Waals surface area contributed by atoms with Gasteiger partial charge in [0.2, 0.25) is 0 Å². The van der Waals surface area contributed by atoms with Crippen LogP contribution in [0.5, 0.6) is 0 Å². The highest BCUT2D eigenvalue weighted by Crippen LogP contribution is 2.60. The van der Waals surface area contributed by atoms with Crippen molar-refractivity contribution in [1.82, 2.24) is 9.55 Å². The first kappa shape index (κ1) is 55.9. The van der Waals surface area contributed by atoms with Crippen LogP contribution in [0, 0.1) is 0 Å². The third-order valence-corrected chi connectivity index (χ3v) is 13.3. The molecule has 0 amide bonds. The minimum atomic E-state index is -5.41. The Hall–Kier alpha value is -2.24. The Kier molecular flexibility index (Phi) is 29.2.